The minimum Gasteiger partial charge on any atom is -0.461 e. The van der Waals surface area contributed by atoms with Crippen LogP contribution in [0.4, 0.5) is 0 Å². The van der Waals surface area contributed by atoms with Gasteiger partial charge in [-0.1, -0.05) is 184 Å². The molecule has 0 radical (unpaired) electrons. The van der Waals surface area contributed by atoms with Crippen LogP contribution in [0.15, 0.2) is 48.5 Å². The molecular weight excluding hydrogens is 1270 g/mol. The molecule has 0 heterocycles. The molecule has 0 aliphatic heterocycles. The third-order valence-corrected chi connectivity index (χ3v) is 8.83. The van der Waals surface area contributed by atoms with Gasteiger partial charge in [-0.25, -0.2) is 0 Å². The van der Waals surface area contributed by atoms with Crippen LogP contribution in [0.1, 0.15) is 49.9 Å². The van der Waals surface area contributed by atoms with E-state index in [1.807, 2.05) is 45.2 Å². The van der Waals surface area contributed by atoms with E-state index in [1.54, 1.807) is 27.7 Å². The fourth-order valence-electron chi connectivity index (χ4n) is 2.79. The van der Waals surface area contributed by atoms with E-state index in [9.17, 15) is 9.59 Å². The van der Waals surface area contributed by atoms with Crippen molar-refractivity contribution in [3.05, 3.63) is 70.8 Å². The molecule has 0 unspecified atom stereocenters. The van der Waals surface area contributed by atoms with Crippen LogP contribution in [0.2, 0.25) is 0 Å². The summed E-state index contributed by atoms with van der Waals surface area (Å²) in [6, 6.07) is 17.1. The Morgan fingerprint density at radius 2 is 0.783 bits per heavy atom. The van der Waals surface area contributed by atoms with E-state index >= 15 is 0 Å². The number of hydrogen-bond acceptors (Lipinski definition) is 8. The first-order chi connectivity index (χ1) is 21.8. The third-order valence-electron chi connectivity index (χ3n) is 5.31. The number of carbonyl (C=O) groups is 2. The Labute approximate surface area is 356 Å². The van der Waals surface area contributed by atoms with E-state index < -0.39 is 6.84 Å². The third kappa shape index (κ3) is 26.4. The van der Waals surface area contributed by atoms with Crippen LogP contribution in [0.25, 0.3) is 0 Å². The summed E-state index contributed by atoms with van der Waals surface area (Å²) in [5.74, 6) is -0.615. The number of hydrogen-bond donors (Lipinski definition) is 0. The Bertz CT molecular complexity index is 973. The van der Waals surface area contributed by atoms with Crippen molar-refractivity contribution in [2.45, 2.75) is 56.6 Å². The average molecular weight is 1320 g/mol. The van der Waals surface area contributed by atoms with E-state index in [4.69, 9.17) is 28.4 Å². The predicted octanol–water partition coefficient (Wildman–Crippen LogP) is 9.59. The van der Waals surface area contributed by atoms with Crippen molar-refractivity contribution in [2.75, 3.05) is 48.9 Å². The number of ether oxygens (including phenoxy) is 6. The standard InChI is InChI=1S/C18H20I2O2.C10H16I2O4.C4H8I2O2/c19-11-15-1-5-17(6-2-15)13-21-9-10-22-14-18-7-3-16(12-20)4-8-18;1-9(2,11)7(13)15-5-6-16-8(14)10(3,4)12;5-3-7-1-2-8-4-6/h1-8H,9-14H2;5-6H2,1-4H3;1-4H2. The van der Waals surface area contributed by atoms with Crippen molar-refractivity contribution in [1.82, 2.24) is 0 Å². The van der Waals surface area contributed by atoms with Crippen molar-refractivity contribution in [3.8, 4) is 0 Å². The Balaban J connectivity index is 0.000000739. The molecule has 0 bridgehead atoms. The maximum atomic E-state index is 11.3. The smallest absolute Gasteiger partial charge is 0.321 e. The zero-order valence-corrected chi connectivity index (χ0v) is 39.6. The number of alkyl halides is 6. The van der Waals surface area contributed by atoms with Crippen molar-refractivity contribution in [3.63, 3.8) is 0 Å². The quantitative estimate of drug-likeness (QED) is 0.0596. The molecule has 8 nitrogen and oxygen atoms in total. The maximum Gasteiger partial charge on any atom is 0.321 e. The molecule has 2 rings (SSSR count). The molecule has 2 aromatic rings. The van der Waals surface area contributed by atoms with Gasteiger partial charge in [0.15, 0.2) is 0 Å². The highest BCUT2D eigenvalue weighted by Gasteiger charge is 2.27. The number of carbonyl (C=O) groups excluding carboxylic acids is 2. The summed E-state index contributed by atoms with van der Waals surface area (Å²) in [4.78, 5) is 22.7. The SMILES string of the molecule is CC(C)(I)C(=O)OCCOC(=O)C(C)(C)I.ICOCCOCI.ICc1ccc(COCCOCc2ccc(CI)cc2)cc1. The van der Waals surface area contributed by atoms with Gasteiger partial charge in [0.2, 0.25) is 0 Å². The van der Waals surface area contributed by atoms with Gasteiger partial charge in [-0.2, -0.15) is 0 Å². The van der Waals surface area contributed by atoms with Crippen LogP contribution in [0.5, 0.6) is 0 Å². The summed E-state index contributed by atoms with van der Waals surface area (Å²) in [5.41, 5.74) is 5.12. The number of rotatable bonds is 19. The van der Waals surface area contributed by atoms with Gasteiger partial charge >= 0.3 is 11.9 Å². The van der Waals surface area contributed by atoms with Gasteiger partial charge in [0.1, 0.15) is 20.1 Å². The molecule has 0 saturated carbocycles. The van der Waals surface area contributed by atoms with Gasteiger partial charge in [0.05, 0.1) is 48.9 Å². The Hall–Kier alpha value is 1.60. The van der Waals surface area contributed by atoms with E-state index in [0.29, 0.717) is 39.6 Å². The second kappa shape index (κ2) is 29.2. The lowest BCUT2D eigenvalue weighted by Crippen LogP contribution is -2.30. The zero-order valence-electron chi connectivity index (χ0n) is 26.6. The van der Waals surface area contributed by atoms with E-state index in [2.05, 4.69) is 139 Å². The summed E-state index contributed by atoms with van der Waals surface area (Å²) >= 11 is 13.1. The van der Waals surface area contributed by atoms with E-state index in [-0.39, 0.29) is 25.2 Å². The molecular formula is C32H44I6O8. The lowest BCUT2D eigenvalue weighted by atomic mass is 10.2. The predicted molar refractivity (Wildman–Crippen MR) is 235 cm³/mol. The second-order valence-electron chi connectivity index (χ2n) is 10.3. The van der Waals surface area contributed by atoms with E-state index in [1.165, 1.54) is 22.3 Å². The largest absolute Gasteiger partial charge is 0.461 e. The Morgan fingerprint density at radius 1 is 0.500 bits per heavy atom. The summed E-state index contributed by atoms with van der Waals surface area (Å²) in [5, 5.41) is 0. The maximum absolute atomic E-state index is 11.3. The van der Waals surface area contributed by atoms with Crippen LogP contribution >= 0.6 is 136 Å². The van der Waals surface area contributed by atoms with Gasteiger partial charge in [-0.05, 0) is 49.9 Å². The summed E-state index contributed by atoms with van der Waals surface area (Å²) in [6.07, 6.45) is 0. The van der Waals surface area contributed by atoms with Gasteiger partial charge in [0.25, 0.3) is 0 Å². The number of esters is 2. The molecule has 0 amide bonds. The average Bonchev–Trinajstić information content (AvgIpc) is 3.03. The molecule has 2 aromatic carbocycles. The zero-order chi connectivity index (χ0) is 34.8. The van der Waals surface area contributed by atoms with Gasteiger partial charge in [-0.15, -0.1) is 0 Å². The summed E-state index contributed by atoms with van der Waals surface area (Å²) in [7, 11) is 0. The van der Waals surface area contributed by atoms with Gasteiger partial charge in [-0.3, -0.25) is 9.59 Å². The molecule has 0 spiro atoms. The molecule has 46 heavy (non-hydrogen) atoms. The van der Waals surface area contributed by atoms with Gasteiger partial charge < -0.3 is 28.4 Å². The molecule has 0 aliphatic rings. The highest BCUT2D eigenvalue weighted by molar-refractivity contribution is 14.1. The second-order valence-corrected chi connectivity index (χ2v) is 18.4. The monoisotopic (exact) mass is 1320 g/mol. The highest BCUT2D eigenvalue weighted by atomic mass is 127. The summed E-state index contributed by atoms with van der Waals surface area (Å²) in [6.45, 7) is 11.2. The van der Waals surface area contributed by atoms with Crippen LogP contribution in [-0.2, 0) is 60.1 Å². The lowest BCUT2D eigenvalue weighted by Gasteiger charge is -2.17. The lowest BCUT2D eigenvalue weighted by molar-refractivity contribution is -0.153. The minimum atomic E-state index is -0.551. The Morgan fingerprint density at radius 3 is 1.04 bits per heavy atom. The minimum absolute atomic E-state index is 0.101. The van der Waals surface area contributed by atoms with Crippen molar-refractivity contribution in [1.29, 1.82) is 0 Å². The van der Waals surface area contributed by atoms with Crippen molar-refractivity contribution < 1.29 is 38.0 Å². The van der Waals surface area contributed by atoms with Crippen LogP contribution in [0, 0.1) is 0 Å². The molecule has 14 heteroatoms. The highest BCUT2D eigenvalue weighted by Crippen LogP contribution is 2.19. The van der Waals surface area contributed by atoms with Crippen molar-refractivity contribution >= 4 is 147 Å². The molecule has 262 valence electrons. The topological polar surface area (TPSA) is 89.5 Å². The van der Waals surface area contributed by atoms with E-state index in [0.717, 1.165) is 18.1 Å². The molecule has 0 aliphatic carbocycles. The molecule has 0 aromatic heterocycles. The number of halogens is 6. The number of benzene rings is 2. The molecule has 0 saturated heterocycles. The molecule has 0 atom stereocenters. The summed E-state index contributed by atoms with van der Waals surface area (Å²) < 4.78 is 33.7. The molecule has 0 N–H and O–H groups in total. The fourth-order valence-corrected chi connectivity index (χ4v) is 4.74. The molecule has 0 fully saturated rings. The first-order valence-corrected chi connectivity index (χ1v) is 22.5. The van der Waals surface area contributed by atoms with Crippen molar-refractivity contribution in [2.24, 2.45) is 0 Å². The normalized spacial score (nSPS) is 11.1. The van der Waals surface area contributed by atoms with Crippen LogP contribution in [0.3, 0.4) is 0 Å². The fraction of sp³-hybridized carbons (Fsp3) is 0.562. The Kier molecular flexibility index (Phi) is 30.2. The van der Waals surface area contributed by atoms with Crippen LogP contribution in [-0.4, -0.2) is 67.7 Å². The first-order valence-electron chi connectivity index (χ1n) is 14.2. The first kappa shape index (κ1) is 47.6. The van der Waals surface area contributed by atoms with Gasteiger partial charge in [0, 0.05) is 8.86 Å². The van der Waals surface area contributed by atoms with Crippen LogP contribution < -0.4 is 0 Å².